The van der Waals surface area contributed by atoms with Gasteiger partial charge in [-0.15, -0.1) is 0 Å². The van der Waals surface area contributed by atoms with Crippen LogP contribution in [0.1, 0.15) is 40.5 Å². The summed E-state index contributed by atoms with van der Waals surface area (Å²) in [5, 5.41) is 6.42. The molecule has 3 nitrogen and oxygen atoms in total. The first-order valence-corrected chi connectivity index (χ1v) is 7.00. The van der Waals surface area contributed by atoms with Crippen LogP contribution >= 0.6 is 0 Å². The molecule has 1 saturated heterocycles. The Morgan fingerprint density at radius 2 is 1.94 bits per heavy atom. The third-order valence-corrected chi connectivity index (χ3v) is 3.89. The Morgan fingerprint density at radius 1 is 1.29 bits per heavy atom. The summed E-state index contributed by atoms with van der Waals surface area (Å²) in [5.74, 6) is 2.25. The van der Waals surface area contributed by atoms with Crippen LogP contribution in [0.3, 0.4) is 0 Å². The number of carbonyl (C=O) groups excluding carboxylic acids is 1. The van der Waals surface area contributed by atoms with Gasteiger partial charge in [-0.25, -0.2) is 0 Å². The third-order valence-electron chi connectivity index (χ3n) is 3.89. The van der Waals surface area contributed by atoms with Crippen molar-refractivity contribution in [2.45, 2.75) is 40.5 Å². The fourth-order valence-electron chi connectivity index (χ4n) is 2.68. The zero-order chi connectivity index (χ0) is 12.8. The van der Waals surface area contributed by atoms with Gasteiger partial charge in [-0.1, -0.05) is 27.7 Å². The van der Waals surface area contributed by atoms with Crippen molar-refractivity contribution in [1.29, 1.82) is 0 Å². The van der Waals surface area contributed by atoms with Gasteiger partial charge in [0.05, 0.1) is 5.92 Å². The number of hydrogen-bond donors (Lipinski definition) is 2. The number of hydrogen-bond acceptors (Lipinski definition) is 2. The number of nitrogens with one attached hydrogen (secondary N) is 2. The lowest BCUT2D eigenvalue weighted by Crippen LogP contribution is -2.43. The third kappa shape index (κ3) is 4.66. The van der Waals surface area contributed by atoms with E-state index < -0.39 is 0 Å². The van der Waals surface area contributed by atoms with Crippen molar-refractivity contribution < 1.29 is 4.79 Å². The lowest BCUT2D eigenvalue weighted by molar-refractivity contribution is -0.125. The van der Waals surface area contributed by atoms with Crippen LogP contribution in [-0.4, -0.2) is 25.5 Å². The molecule has 1 fully saturated rings. The quantitative estimate of drug-likeness (QED) is 0.772. The normalized spacial score (nSPS) is 21.2. The molecular formula is C14H28N2O. The van der Waals surface area contributed by atoms with Crippen molar-refractivity contribution in [3.8, 4) is 0 Å². The maximum Gasteiger partial charge on any atom is 0.224 e. The van der Waals surface area contributed by atoms with Gasteiger partial charge in [0.15, 0.2) is 0 Å². The molecule has 1 amide bonds. The summed E-state index contributed by atoms with van der Waals surface area (Å²) >= 11 is 0. The van der Waals surface area contributed by atoms with Crippen LogP contribution in [-0.2, 0) is 4.79 Å². The summed E-state index contributed by atoms with van der Waals surface area (Å²) in [6.45, 7) is 11.7. The van der Waals surface area contributed by atoms with Crippen LogP contribution in [0.5, 0.6) is 0 Å². The van der Waals surface area contributed by atoms with Crippen molar-refractivity contribution in [3.05, 3.63) is 0 Å². The predicted octanol–water partition coefficient (Wildman–Crippen LogP) is 2.03. The van der Waals surface area contributed by atoms with Crippen molar-refractivity contribution in [2.75, 3.05) is 19.6 Å². The molecule has 1 aliphatic heterocycles. The van der Waals surface area contributed by atoms with E-state index in [1.807, 2.05) is 0 Å². The molecule has 1 atom stereocenters. The van der Waals surface area contributed by atoms with E-state index in [1.54, 1.807) is 0 Å². The highest BCUT2D eigenvalue weighted by Crippen LogP contribution is 2.19. The molecule has 17 heavy (non-hydrogen) atoms. The molecule has 1 unspecified atom stereocenters. The lowest BCUT2D eigenvalue weighted by Gasteiger charge is -2.27. The molecule has 3 heteroatoms. The van der Waals surface area contributed by atoms with Crippen molar-refractivity contribution >= 4 is 5.91 Å². The molecule has 0 aromatic carbocycles. The zero-order valence-electron chi connectivity index (χ0n) is 11.8. The topological polar surface area (TPSA) is 41.1 Å². The van der Waals surface area contributed by atoms with E-state index in [1.165, 1.54) is 0 Å². The molecule has 0 aromatic rings. The van der Waals surface area contributed by atoms with Gasteiger partial charge in [0, 0.05) is 13.1 Å². The molecule has 1 heterocycles. The van der Waals surface area contributed by atoms with E-state index in [0.29, 0.717) is 17.8 Å². The summed E-state index contributed by atoms with van der Waals surface area (Å²) in [6, 6.07) is 0. The molecule has 0 aromatic heterocycles. The van der Waals surface area contributed by atoms with Crippen LogP contribution in [0.15, 0.2) is 0 Å². The minimum Gasteiger partial charge on any atom is -0.356 e. The molecule has 1 rings (SSSR count). The minimum absolute atomic E-state index is 0.184. The Balaban J connectivity index is 2.35. The van der Waals surface area contributed by atoms with Crippen LogP contribution in [0.25, 0.3) is 0 Å². The molecule has 100 valence electrons. The van der Waals surface area contributed by atoms with Gasteiger partial charge < -0.3 is 10.6 Å². The second-order valence-corrected chi connectivity index (χ2v) is 5.94. The van der Waals surface area contributed by atoms with Gasteiger partial charge in [-0.3, -0.25) is 4.79 Å². The SMILES string of the molecule is CC(C)C(CNC(=O)C1CCCNC1)C(C)C. The van der Waals surface area contributed by atoms with E-state index in [2.05, 4.69) is 38.3 Å². The molecule has 0 saturated carbocycles. The average molecular weight is 240 g/mol. The van der Waals surface area contributed by atoms with E-state index in [9.17, 15) is 4.79 Å². The number of carbonyl (C=O) groups is 1. The fourth-order valence-corrected chi connectivity index (χ4v) is 2.68. The van der Waals surface area contributed by atoms with Gasteiger partial charge in [-0.2, -0.15) is 0 Å². The standard InChI is InChI=1S/C14H28N2O/c1-10(2)13(11(3)4)9-16-14(17)12-6-5-7-15-8-12/h10-13,15H,5-9H2,1-4H3,(H,16,17). The maximum atomic E-state index is 12.0. The first-order chi connectivity index (χ1) is 8.02. The van der Waals surface area contributed by atoms with Crippen LogP contribution < -0.4 is 10.6 Å². The first-order valence-electron chi connectivity index (χ1n) is 7.00. The lowest BCUT2D eigenvalue weighted by atomic mass is 9.85. The highest BCUT2D eigenvalue weighted by Gasteiger charge is 2.23. The monoisotopic (exact) mass is 240 g/mol. The Labute approximate surface area is 106 Å². The highest BCUT2D eigenvalue weighted by atomic mass is 16.1. The first kappa shape index (κ1) is 14.5. The van der Waals surface area contributed by atoms with E-state index >= 15 is 0 Å². The number of rotatable bonds is 5. The Morgan fingerprint density at radius 3 is 2.41 bits per heavy atom. The summed E-state index contributed by atoms with van der Waals surface area (Å²) in [7, 11) is 0. The highest BCUT2D eigenvalue weighted by molar-refractivity contribution is 5.78. The molecule has 1 aliphatic rings. The molecular weight excluding hydrogens is 212 g/mol. The molecule has 0 radical (unpaired) electrons. The Kier molecular flexibility index (Phi) is 5.96. The molecule has 0 spiro atoms. The second-order valence-electron chi connectivity index (χ2n) is 5.94. The summed E-state index contributed by atoms with van der Waals surface area (Å²) in [6.07, 6.45) is 2.16. The van der Waals surface area contributed by atoms with E-state index in [-0.39, 0.29) is 11.8 Å². The zero-order valence-corrected chi connectivity index (χ0v) is 11.8. The predicted molar refractivity (Wildman–Crippen MR) is 71.8 cm³/mol. The van der Waals surface area contributed by atoms with Gasteiger partial charge in [0.1, 0.15) is 0 Å². The van der Waals surface area contributed by atoms with Crippen molar-refractivity contribution in [2.24, 2.45) is 23.7 Å². The van der Waals surface area contributed by atoms with Gasteiger partial charge >= 0.3 is 0 Å². The molecule has 2 N–H and O–H groups in total. The van der Waals surface area contributed by atoms with Gasteiger partial charge in [0.25, 0.3) is 0 Å². The van der Waals surface area contributed by atoms with Crippen molar-refractivity contribution in [1.82, 2.24) is 10.6 Å². The number of piperidine rings is 1. The Bertz CT molecular complexity index is 224. The van der Waals surface area contributed by atoms with Crippen LogP contribution in [0.2, 0.25) is 0 Å². The van der Waals surface area contributed by atoms with Crippen LogP contribution in [0.4, 0.5) is 0 Å². The summed E-state index contributed by atoms with van der Waals surface area (Å²) in [5.41, 5.74) is 0. The maximum absolute atomic E-state index is 12.0. The van der Waals surface area contributed by atoms with Crippen molar-refractivity contribution in [3.63, 3.8) is 0 Å². The summed E-state index contributed by atoms with van der Waals surface area (Å²) in [4.78, 5) is 12.0. The number of amides is 1. The summed E-state index contributed by atoms with van der Waals surface area (Å²) < 4.78 is 0. The second kappa shape index (κ2) is 7.00. The Hall–Kier alpha value is -0.570. The fraction of sp³-hybridized carbons (Fsp3) is 0.929. The largest absolute Gasteiger partial charge is 0.356 e. The molecule has 0 bridgehead atoms. The van der Waals surface area contributed by atoms with E-state index in [0.717, 1.165) is 32.5 Å². The average Bonchev–Trinajstić information content (AvgIpc) is 2.29. The van der Waals surface area contributed by atoms with E-state index in [4.69, 9.17) is 0 Å². The van der Waals surface area contributed by atoms with Gasteiger partial charge in [0.2, 0.25) is 5.91 Å². The minimum atomic E-state index is 0.184. The van der Waals surface area contributed by atoms with Gasteiger partial charge in [-0.05, 0) is 37.1 Å². The smallest absolute Gasteiger partial charge is 0.224 e. The van der Waals surface area contributed by atoms with Crippen LogP contribution in [0, 0.1) is 23.7 Å². The molecule has 0 aliphatic carbocycles.